The highest BCUT2D eigenvalue weighted by molar-refractivity contribution is 7.38. The summed E-state index contributed by atoms with van der Waals surface area (Å²) in [5.74, 6) is -19.5. The second-order valence-electron chi connectivity index (χ2n) is 3.06. The van der Waals surface area contributed by atoms with Crippen molar-refractivity contribution in [3.8, 4) is 0 Å². The van der Waals surface area contributed by atoms with E-state index < -0.39 is 38.6 Å². The molecule has 0 fully saturated rings. The maximum absolute atomic E-state index is 12.6. The maximum Gasteiger partial charge on any atom is 0.505 e. The summed E-state index contributed by atoms with van der Waals surface area (Å²) >= 11 is 0. The average Bonchev–Trinajstić information content (AvgIpc) is 2.12. The fourth-order valence-electron chi connectivity index (χ4n) is 0.670. The van der Waals surface area contributed by atoms with Gasteiger partial charge in [-0.05, 0) is 4.57 Å². The molecule has 0 bridgehead atoms. The monoisotopic (exact) mass is 311 g/mol. The minimum Gasteiger partial charge on any atom is -0.197 e. The maximum atomic E-state index is 12.6. The Kier molecular flexibility index (Phi) is 4.69. The fourth-order valence-corrected chi connectivity index (χ4v) is 1.01. The molecule has 0 aromatic carbocycles. The van der Waals surface area contributed by atoms with Gasteiger partial charge in [0, 0.05) is 0 Å². The number of rotatable bonds is 5. The summed E-state index contributed by atoms with van der Waals surface area (Å²) in [7, 11) is -2.87. The lowest BCUT2D eigenvalue weighted by Gasteiger charge is -2.32. The molecule has 0 aromatic heterocycles. The summed E-state index contributed by atoms with van der Waals surface area (Å²) in [5.41, 5.74) is 0. The highest BCUT2D eigenvalue weighted by Gasteiger charge is 2.82. The minimum atomic E-state index is -6.95. The molecule has 0 aliphatic rings. The van der Waals surface area contributed by atoms with E-state index in [1.165, 1.54) is 0 Å². The second-order valence-corrected chi connectivity index (χ2v) is 4.20. The third kappa shape index (κ3) is 3.05. The highest BCUT2D eigenvalue weighted by Crippen LogP contribution is 2.53. The van der Waals surface area contributed by atoms with Crippen LogP contribution in [-0.2, 0) is 9.09 Å². The van der Waals surface area contributed by atoms with Gasteiger partial charge in [-0.25, -0.2) is 0 Å². The van der Waals surface area contributed by atoms with Crippen LogP contribution in [0.25, 0.3) is 0 Å². The molecule has 18 heavy (non-hydrogen) atoms. The van der Waals surface area contributed by atoms with Crippen molar-refractivity contribution in [2.75, 3.05) is 13.3 Å². The van der Waals surface area contributed by atoms with Gasteiger partial charge in [0.2, 0.25) is 0 Å². The Morgan fingerprint density at radius 1 is 0.889 bits per heavy atom. The third-order valence-electron chi connectivity index (χ3n) is 1.64. The van der Waals surface area contributed by atoms with Gasteiger partial charge >= 0.3 is 32.0 Å². The summed E-state index contributed by atoms with van der Waals surface area (Å²) in [6.07, 6.45) is -6.87. The second kappa shape index (κ2) is 4.84. The van der Waals surface area contributed by atoms with Gasteiger partial charge in [0.15, 0.2) is 13.3 Å². The van der Waals surface area contributed by atoms with Crippen molar-refractivity contribution in [2.24, 2.45) is 0 Å². The molecule has 0 rings (SSSR count). The van der Waals surface area contributed by atoms with Crippen LogP contribution in [0.2, 0.25) is 0 Å². The van der Waals surface area contributed by atoms with E-state index in [0.717, 1.165) is 0 Å². The molecule has 12 heteroatoms. The van der Waals surface area contributed by atoms with E-state index in [-0.39, 0.29) is 0 Å². The first-order chi connectivity index (χ1) is 7.67. The quantitative estimate of drug-likeness (QED) is 0.569. The third-order valence-corrected chi connectivity index (χ3v) is 2.13. The molecular weight excluding hydrogens is 306 g/mol. The van der Waals surface area contributed by atoms with Crippen molar-refractivity contribution in [3.63, 3.8) is 0 Å². The molecule has 0 saturated heterocycles. The van der Waals surface area contributed by atoms with Crippen molar-refractivity contribution in [1.29, 1.82) is 0 Å². The lowest BCUT2D eigenvalue weighted by atomic mass is 10.1. The zero-order valence-electron chi connectivity index (χ0n) is 8.37. The largest absolute Gasteiger partial charge is 0.505 e. The Balaban J connectivity index is 5.29. The Morgan fingerprint density at radius 2 is 1.28 bits per heavy atom. The molecule has 0 radical (unpaired) electrons. The first-order valence-corrected chi connectivity index (χ1v) is 5.53. The predicted molar refractivity (Wildman–Crippen MR) is 40.4 cm³/mol. The van der Waals surface area contributed by atoms with Crippen LogP contribution in [0, 0.1) is 0 Å². The Hall–Kier alpha value is -0.570. The van der Waals surface area contributed by atoms with Crippen molar-refractivity contribution in [3.05, 3.63) is 0 Å². The molecule has 0 spiro atoms. The average molecular weight is 311 g/mol. The van der Waals surface area contributed by atoms with Crippen LogP contribution in [0.1, 0.15) is 0 Å². The first-order valence-electron chi connectivity index (χ1n) is 3.91. The van der Waals surface area contributed by atoms with E-state index in [9.17, 15) is 44.1 Å². The van der Waals surface area contributed by atoms with Gasteiger partial charge in [0.05, 0.1) is 0 Å². The number of hydrogen-bond donors (Lipinski definition) is 0. The molecule has 0 amide bonds. The lowest BCUT2D eigenvalue weighted by molar-refractivity contribution is -0.398. The fraction of sp³-hybridized carbons (Fsp3) is 1.00. The van der Waals surface area contributed by atoms with Crippen LogP contribution in [0.15, 0.2) is 0 Å². The molecule has 0 heterocycles. The van der Waals surface area contributed by atoms with E-state index in [2.05, 4.69) is 4.52 Å². The van der Waals surface area contributed by atoms with Crippen LogP contribution in [0.5, 0.6) is 0 Å². The smallest absolute Gasteiger partial charge is 0.197 e. The minimum absolute atomic E-state index is 0.630. The van der Waals surface area contributed by atoms with Gasteiger partial charge in [-0.2, -0.15) is 39.5 Å². The summed E-state index contributed by atoms with van der Waals surface area (Å²) in [6, 6.07) is 0. The molecule has 0 N–H and O–H groups in total. The van der Waals surface area contributed by atoms with Gasteiger partial charge in [0.1, 0.15) is 0 Å². The predicted octanol–water partition coefficient (Wildman–Crippen LogP) is 3.84. The van der Waals surface area contributed by atoms with E-state index >= 15 is 0 Å². The van der Waals surface area contributed by atoms with Crippen molar-refractivity contribution in [2.45, 2.75) is 23.9 Å². The van der Waals surface area contributed by atoms with Crippen LogP contribution in [0.4, 0.5) is 39.5 Å². The molecule has 0 aromatic rings. The molecule has 2 nitrogen and oxygen atoms in total. The summed E-state index contributed by atoms with van der Waals surface area (Å²) in [4.78, 5) is 0. The van der Waals surface area contributed by atoms with E-state index in [1.807, 2.05) is 0 Å². The number of hydrogen-bond acceptors (Lipinski definition) is 2. The van der Waals surface area contributed by atoms with Gasteiger partial charge in [-0.15, -0.1) is 4.52 Å². The van der Waals surface area contributed by atoms with Crippen LogP contribution >= 0.6 is 8.03 Å². The molecular formula is C6H5F9O2P+. The van der Waals surface area contributed by atoms with E-state index in [4.69, 9.17) is 0 Å². The van der Waals surface area contributed by atoms with Crippen molar-refractivity contribution in [1.82, 2.24) is 0 Å². The Bertz CT molecular complexity index is 324. The normalized spacial score (nSPS) is 15.8. The Morgan fingerprint density at radius 3 is 1.56 bits per heavy atom. The molecule has 1 unspecified atom stereocenters. The summed E-state index contributed by atoms with van der Waals surface area (Å²) in [5, 5.41) is 0. The molecule has 108 valence electrons. The van der Waals surface area contributed by atoms with E-state index in [0.29, 0.717) is 6.66 Å². The summed E-state index contributed by atoms with van der Waals surface area (Å²) < 4.78 is 123. The van der Waals surface area contributed by atoms with Crippen LogP contribution in [-0.4, -0.2) is 37.2 Å². The lowest BCUT2D eigenvalue weighted by Crippen LogP contribution is -2.62. The standard InChI is InChI=1S/C6H5F9O2P/c1-18(16)17-2-3(7,8)4(9,10)5(11,12)6(13,14)15/h2H2,1H3/q+1. The van der Waals surface area contributed by atoms with Gasteiger partial charge in [0.25, 0.3) is 0 Å². The van der Waals surface area contributed by atoms with Crippen molar-refractivity contribution >= 4 is 8.03 Å². The van der Waals surface area contributed by atoms with Crippen molar-refractivity contribution < 1.29 is 48.6 Å². The SMILES string of the molecule is C[P+](=O)OCC(F)(F)C(F)(F)C(F)(F)C(F)(F)F. The highest BCUT2D eigenvalue weighted by atomic mass is 31.1. The first kappa shape index (κ1) is 17.4. The topological polar surface area (TPSA) is 26.3 Å². The van der Waals surface area contributed by atoms with Gasteiger partial charge < -0.3 is 0 Å². The van der Waals surface area contributed by atoms with Crippen LogP contribution < -0.4 is 0 Å². The Labute approximate surface area is 95.0 Å². The van der Waals surface area contributed by atoms with Gasteiger partial charge in [-0.3, -0.25) is 0 Å². The van der Waals surface area contributed by atoms with Crippen LogP contribution in [0.3, 0.4) is 0 Å². The molecule has 0 aliphatic heterocycles. The molecule has 1 atom stereocenters. The number of alkyl halides is 9. The zero-order valence-corrected chi connectivity index (χ0v) is 9.27. The zero-order chi connectivity index (χ0) is 15.0. The molecule has 0 saturated carbocycles. The molecule has 0 aliphatic carbocycles. The number of halogens is 9. The van der Waals surface area contributed by atoms with Gasteiger partial charge in [-0.1, -0.05) is 0 Å². The summed E-state index contributed by atoms with van der Waals surface area (Å²) in [6.45, 7) is -1.90. The van der Waals surface area contributed by atoms with E-state index in [1.54, 1.807) is 0 Å².